The number of methoxy groups -OCH3 is 1. The van der Waals surface area contributed by atoms with Crippen LogP contribution in [0, 0.1) is 6.92 Å². The fraction of sp³-hybridized carbons (Fsp3) is 0.174. The molecule has 0 radical (unpaired) electrons. The number of ether oxygens (including phenoxy) is 3. The first-order valence-corrected chi connectivity index (χ1v) is 9.66. The van der Waals surface area contributed by atoms with Crippen molar-refractivity contribution in [3.05, 3.63) is 60.3 Å². The van der Waals surface area contributed by atoms with Gasteiger partial charge in [0.25, 0.3) is 0 Å². The van der Waals surface area contributed by atoms with Gasteiger partial charge in [-0.25, -0.2) is 4.98 Å². The third-order valence-corrected chi connectivity index (χ3v) is 5.08. The number of fused-ring (bicyclic) bond motifs is 2. The molecule has 1 aliphatic heterocycles. The number of nitrogens with one attached hydrogen (secondary N) is 1. The predicted octanol–water partition coefficient (Wildman–Crippen LogP) is 4.54. The third kappa shape index (κ3) is 3.04. The van der Waals surface area contributed by atoms with E-state index < -0.39 is 0 Å². The van der Waals surface area contributed by atoms with E-state index in [1.807, 2.05) is 43.3 Å². The molecule has 1 aliphatic rings. The number of phenols is 1. The Balaban J connectivity index is 1.68. The second-order valence-electron chi connectivity index (χ2n) is 7.04. The Morgan fingerprint density at radius 2 is 1.87 bits per heavy atom. The summed E-state index contributed by atoms with van der Waals surface area (Å²) in [5, 5.41) is 13.4. The summed E-state index contributed by atoms with van der Waals surface area (Å²) >= 11 is 0. The van der Waals surface area contributed by atoms with E-state index in [0.717, 1.165) is 39.9 Å². The molecule has 0 amide bonds. The summed E-state index contributed by atoms with van der Waals surface area (Å²) in [5.74, 6) is 2.92. The SMILES string of the molecule is COc1cc(O)ccc1-c1nc2cccc(C)n2c1Nc1ccc2c(c1)OCCO2. The fourth-order valence-electron chi connectivity index (χ4n) is 3.69. The summed E-state index contributed by atoms with van der Waals surface area (Å²) in [6.45, 7) is 3.11. The average molecular weight is 403 g/mol. The zero-order chi connectivity index (χ0) is 20.7. The fourth-order valence-corrected chi connectivity index (χ4v) is 3.69. The first-order valence-electron chi connectivity index (χ1n) is 9.66. The molecule has 3 heterocycles. The highest BCUT2D eigenvalue weighted by Crippen LogP contribution is 2.40. The maximum atomic E-state index is 9.87. The van der Waals surface area contributed by atoms with Crippen molar-refractivity contribution in [1.29, 1.82) is 0 Å². The number of phenolic OH excluding ortho intramolecular Hbond substituents is 1. The van der Waals surface area contributed by atoms with E-state index in [1.165, 1.54) is 0 Å². The Morgan fingerprint density at radius 3 is 2.70 bits per heavy atom. The number of imidazole rings is 1. The van der Waals surface area contributed by atoms with Crippen LogP contribution < -0.4 is 19.5 Å². The Labute approximate surface area is 173 Å². The minimum atomic E-state index is 0.136. The average Bonchev–Trinajstić information content (AvgIpc) is 3.13. The topological polar surface area (TPSA) is 77.3 Å². The van der Waals surface area contributed by atoms with Crippen LogP contribution in [0.25, 0.3) is 16.9 Å². The zero-order valence-corrected chi connectivity index (χ0v) is 16.7. The normalized spacial score (nSPS) is 12.7. The molecule has 0 spiro atoms. The molecule has 30 heavy (non-hydrogen) atoms. The van der Waals surface area contributed by atoms with Gasteiger partial charge in [-0.3, -0.25) is 4.40 Å². The summed E-state index contributed by atoms with van der Waals surface area (Å²) in [5.41, 5.74) is 4.18. The highest BCUT2D eigenvalue weighted by Gasteiger charge is 2.20. The minimum absolute atomic E-state index is 0.136. The lowest BCUT2D eigenvalue weighted by atomic mass is 10.1. The second kappa shape index (κ2) is 7.18. The van der Waals surface area contributed by atoms with Crippen LogP contribution in [0.5, 0.6) is 23.0 Å². The zero-order valence-electron chi connectivity index (χ0n) is 16.7. The van der Waals surface area contributed by atoms with Gasteiger partial charge in [0.15, 0.2) is 11.5 Å². The second-order valence-corrected chi connectivity index (χ2v) is 7.04. The number of anilines is 2. The molecule has 0 atom stereocenters. The number of rotatable bonds is 4. The lowest BCUT2D eigenvalue weighted by Gasteiger charge is -2.19. The molecule has 7 nitrogen and oxygen atoms in total. The molecule has 0 bridgehead atoms. The van der Waals surface area contributed by atoms with E-state index in [9.17, 15) is 5.11 Å². The molecule has 2 aromatic carbocycles. The number of aryl methyl sites for hydroxylation is 1. The molecule has 5 rings (SSSR count). The van der Waals surface area contributed by atoms with Crippen molar-refractivity contribution in [1.82, 2.24) is 9.38 Å². The van der Waals surface area contributed by atoms with Crippen LogP contribution in [-0.4, -0.2) is 34.8 Å². The number of nitrogens with zero attached hydrogens (tertiary/aromatic N) is 2. The Kier molecular flexibility index (Phi) is 4.35. The Morgan fingerprint density at radius 1 is 1.03 bits per heavy atom. The standard InChI is InChI=1S/C23H21N3O4/c1-14-4-3-5-21-25-22(17-8-7-16(27)13-19(17)28-2)23(26(14)21)24-15-6-9-18-20(12-15)30-11-10-29-18/h3-9,12-13,24,27H,10-11H2,1-2H3. The van der Waals surface area contributed by atoms with Gasteiger partial charge in [-0.05, 0) is 43.3 Å². The molecule has 7 heteroatoms. The van der Waals surface area contributed by atoms with Crippen LogP contribution in [0.1, 0.15) is 5.69 Å². The lowest BCUT2D eigenvalue weighted by Crippen LogP contribution is -2.15. The number of aromatic nitrogens is 2. The summed E-state index contributed by atoms with van der Waals surface area (Å²) in [7, 11) is 1.58. The largest absolute Gasteiger partial charge is 0.508 e. The summed E-state index contributed by atoms with van der Waals surface area (Å²) in [6.07, 6.45) is 0. The van der Waals surface area contributed by atoms with Crippen molar-refractivity contribution >= 4 is 17.2 Å². The van der Waals surface area contributed by atoms with Crippen LogP contribution in [0.2, 0.25) is 0 Å². The molecule has 0 unspecified atom stereocenters. The molecule has 0 saturated heterocycles. The number of benzene rings is 2. The molecular weight excluding hydrogens is 382 g/mol. The van der Waals surface area contributed by atoms with Crippen molar-refractivity contribution in [3.8, 4) is 34.3 Å². The monoisotopic (exact) mass is 403 g/mol. The van der Waals surface area contributed by atoms with E-state index in [1.54, 1.807) is 25.3 Å². The number of pyridine rings is 1. The smallest absolute Gasteiger partial charge is 0.163 e. The highest BCUT2D eigenvalue weighted by atomic mass is 16.6. The quantitative estimate of drug-likeness (QED) is 0.521. The molecular formula is C23H21N3O4. The van der Waals surface area contributed by atoms with Gasteiger partial charge in [0.1, 0.15) is 41.9 Å². The van der Waals surface area contributed by atoms with E-state index in [-0.39, 0.29) is 5.75 Å². The van der Waals surface area contributed by atoms with Gasteiger partial charge < -0.3 is 24.6 Å². The highest BCUT2D eigenvalue weighted by molar-refractivity contribution is 5.83. The Bertz CT molecular complexity index is 1250. The van der Waals surface area contributed by atoms with Gasteiger partial charge in [-0.15, -0.1) is 0 Å². The number of aromatic hydroxyl groups is 1. The van der Waals surface area contributed by atoms with E-state index in [4.69, 9.17) is 19.2 Å². The van der Waals surface area contributed by atoms with Gasteiger partial charge in [0.2, 0.25) is 0 Å². The van der Waals surface area contributed by atoms with Crippen LogP contribution in [0.4, 0.5) is 11.5 Å². The Hall–Kier alpha value is -3.87. The molecule has 152 valence electrons. The van der Waals surface area contributed by atoms with Gasteiger partial charge in [0, 0.05) is 29.1 Å². The molecule has 0 saturated carbocycles. The minimum Gasteiger partial charge on any atom is -0.508 e. The maximum Gasteiger partial charge on any atom is 0.163 e. The summed E-state index contributed by atoms with van der Waals surface area (Å²) in [4.78, 5) is 4.85. The van der Waals surface area contributed by atoms with Crippen molar-refractivity contribution in [2.24, 2.45) is 0 Å². The van der Waals surface area contributed by atoms with Gasteiger partial charge in [-0.1, -0.05) is 6.07 Å². The van der Waals surface area contributed by atoms with Gasteiger partial charge in [0.05, 0.1) is 7.11 Å². The maximum absolute atomic E-state index is 9.87. The van der Waals surface area contributed by atoms with Crippen molar-refractivity contribution in [2.45, 2.75) is 6.92 Å². The lowest BCUT2D eigenvalue weighted by molar-refractivity contribution is 0.171. The van der Waals surface area contributed by atoms with Crippen LogP contribution in [0.3, 0.4) is 0 Å². The van der Waals surface area contributed by atoms with E-state index >= 15 is 0 Å². The summed E-state index contributed by atoms with van der Waals surface area (Å²) in [6, 6.07) is 16.7. The molecule has 0 fully saturated rings. The first kappa shape index (κ1) is 18.2. The van der Waals surface area contributed by atoms with Gasteiger partial charge >= 0.3 is 0 Å². The van der Waals surface area contributed by atoms with Crippen molar-refractivity contribution in [2.75, 3.05) is 25.6 Å². The van der Waals surface area contributed by atoms with Crippen molar-refractivity contribution in [3.63, 3.8) is 0 Å². The van der Waals surface area contributed by atoms with E-state index in [2.05, 4.69) is 9.72 Å². The number of hydrogen-bond donors (Lipinski definition) is 2. The van der Waals surface area contributed by atoms with Crippen molar-refractivity contribution < 1.29 is 19.3 Å². The molecule has 2 aromatic heterocycles. The number of hydrogen-bond acceptors (Lipinski definition) is 6. The van der Waals surface area contributed by atoms with Gasteiger partial charge in [-0.2, -0.15) is 0 Å². The molecule has 0 aliphatic carbocycles. The first-order chi connectivity index (χ1) is 14.6. The predicted molar refractivity (Wildman–Crippen MR) is 114 cm³/mol. The van der Waals surface area contributed by atoms with Crippen LogP contribution >= 0.6 is 0 Å². The summed E-state index contributed by atoms with van der Waals surface area (Å²) < 4.78 is 18.9. The third-order valence-electron chi connectivity index (χ3n) is 5.08. The van der Waals surface area contributed by atoms with Crippen LogP contribution in [0.15, 0.2) is 54.6 Å². The van der Waals surface area contributed by atoms with Crippen LogP contribution in [-0.2, 0) is 0 Å². The molecule has 4 aromatic rings. The van der Waals surface area contributed by atoms with E-state index in [0.29, 0.717) is 24.7 Å². The molecule has 2 N–H and O–H groups in total.